The van der Waals surface area contributed by atoms with E-state index in [2.05, 4.69) is 23.5 Å². The summed E-state index contributed by atoms with van der Waals surface area (Å²) in [6, 6.07) is 12.7. The monoisotopic (exact) mass is 456 g/mol. The summed E-state index contributed by atoms with van der Waals surface area (Å²) < 4.78 is 23.5. The number of hydrogen-bond acceptors (Lipinski definition) is 5. The van der Waals surface area contributed by atoms with Crippen molar-refractivity contribution in [2.45, 2.75) is 52.2 Å². The standard InChI is InChI=1S/C26H33FN2O4/c1-18-5-8-22(24(13-18)33-17-26(31)32-4)9-12-25(30)29-15-19(2)28(14-20(29)3)16-21-6-10-23(27)11-7-21/h5-8,10-11,13,19-20H,9,12,14-17H2,1-4H3. The van der Waals surface area contributed by atoms with Gasteiger partial charge in [-0.15, -0.1) is 0 Å². The largest absolute Gasteiger partial charge is 0.482 e. The van der Waals surface area contributed by atoms with Crippen LogP contribution in [0.25, 0.3) is 0 Å². The van der Waals surface area contributed by atoms with Gasteiger partial charge in [0, 0.05) is 38.1 Å². The van der Waals surface area contributed by atoms with Gasteiger partial charge in [0.15, 0.2) is 6.61 Å². The minimum atomic E-state index is -0.445. The van der Waals surface area contributed by atoms with Gasteiger partial charge in [-0.2, -0.15) is 0 Å². The molecule has 0 aromatic heterocycles. The molecule has 1 amide bonds. The van der Waals surface area contributed by atoms with Crippen molar-refractivity contribution in [2.24, 2.45) is 0 Å². The fourth-order valence-corrected chi connectivity index (χ4v) is 4.17. The summed E-state index contributed by atoms with van der Waals surface area (Å²) in [6.45, 7) is 8.13. The van der Waals surface area contributed by atoms with Gasteiger partial charge >= 0.3 is 5.97 Å². The Hall–Kier alpha value is -2.93. The van der Waals surface area contributed by atoms with Crippen LogP contribution in [0.1, 0.15) is 37.0 Å². The van der Waals surface area contributed by atoms with Crippen LogP contribution in [-0.4, -0.2) is 60.6 Å². The van der Waals surface area contributed by atoms with Gasteiger partial charge in [0.05, 0.1) is 7.11 Å². The number of hydrogen-bond donors (Lipinski definition) is 0. The molecular weight excluding hydrogens is 423 g/mol. The molecule has 2 atom stereocenters. The molecule has 1 aliphatic heterocycles. The zero-order valence-electron chi connectivity index (χ0n) is 19.8. The second kappa shape index (κ2) is 11.3. The highest BCUT2D eigenvalue weighted by Gasteiger charge is 2.31. The minimum absolute atomic E-state index is 0.0854. The average molecular weight is 457 g/mol. The summed E-state index contributed by atoms with van der Waals surface area (Å²) >= 11 is 0. The van der Waals surface area contributed by atoms with E-state index < -0.39 is 5.97 Å². The van der Waals surface area contributed by atoms with Crippen molar-refractivity contribution in [3.05, 3.63) is 65.0 Å². The van der Waals surface area contributed by atoms with E-state index >= 15 is 0 Å². The normalized spacial score (nSPS) is 18.8. The number of nitrogens with zero attached hydrogens (tertiary/aromatic N) is 2. The predicted molar refractivity (Wildman–Crippen MR) is 124 cm³/mol. The van der Waals surface area contributed by atoms with Crippen LogP contribution in [0.2, 0.25) is 0 Å². The van der Waals surface area contributed by atoms with Gasteiger partial charge in [-0.25, -0.2) is 9.18 Å². The lowest BCUT2D eigenvalue weighted by Gasteiger charge is -2.44. The number of rotatable bonds is 8. The van der Waals surface area contributed by atoms with Gasteiger partial charge in [-0.3, -0.25) is 9.69 Å². The number of piperazine rings is 1. The number of amides is 1. The fourth-order valence-electron chi connectivity index (χ4n) is 4.17. The number of esters is 1. The van der Waals surface area contributed by atoms with Crippen LogP contribution in [0.4, 0.5) is 4.39 Å². The molecule has 0 saturated carbocycles. The second-order valence-corrected chi connectivity index (χ2v) is 8.78. The summed E-state index contributed by atoms with van der Waals surface area (Å²) in [5.74, 6) is 0.0388. The first kappa shape index (κ1) is 24.7. The van der Waals surface area contributed by atoms with E-state index in [9.17, 15) is 14.0 Å². The molecule has 1 saturated heterocycles. The molecule has 6 nitrogen and oxygen atoms in total. The first-order chi connectivity index (χ1) is 15.8. The Kier molecular flexibility index (Phi) is 8.44. The summed E-state index contributed by atoms with van der Waals surface area (Å²) in [7, 11) is 1.32. The number of ether oxygens (including phenoxy) is 2. The van der Waals surface area contributed by atoms with Crippen LogP contribution in [0, 0.1) is 12.7 Å². The number of aryl methyl sites for hydroxylation is 2. The SMILES string of the molecule is COC(=O)COc1cc(C)ccc1CCC(=O)N1CC(C)N(Cc2ccc(F)cc2)CC1C. The van der Waals surface area contributed by atoms with Gasteiger partial charge in [0.25, 0.3) is 0 Å². The highest BCUT2D eigenvalue weighted by Crippen LogP contribution is 2.24. The van der Waals surface area contributed by atoms with Crippen LogP contribution < -0.4 is 4.74 Å². The Morgan fingerprint density at radius 3 is 2.48 bits per heavy atom. The molecule has 0 aliphatic carbocycles. The van der Waals surface area contributed by atoms with E-state index in [1.165, 1.54) is 19.2 Å². The molecule has 0 N–H and O–H groups in total. The summed E-state index contributed by atoms with van der Waals surface area (Å²) in [5.41, 5.74) is 2.98. The lowest BCUT2D eigenvalue weighted by atomic mass is 10.0. The molecule has 33 heavy (non-hydrogen) atoms. The Labute approximate surface area is 195 Å². The van der Waals surface area contributed by atoms with Crippen molar-refractivity contribution < 1.29 is 23.5 Å². The maximum absolute atomic E-state index is 13.2. The number of methoxy groups -OCH3 is 1. The fraction of sp³-hybridized carbons (Fsp3) is 0.462. The van der Waals surface area contributed by atoms with Crippen LogP contribution in [0.15, 0.2) is 42.5 Å². The van der Waals surface area contributed by atoms with Crippen molar-refractivity contribution >= 4 is 11.9 Å². The first-order valence-electron chi connectivity index (χ1n) is 11.3. The van der Waals surface area contributed by atoms with E-state index in [-0.39, 0.29) is 30.4 Å². The molecular formula is C26H33FN2O4. The van der Waals surface area contributed by atoms with E-state index in [1.54, 1.807) is 0 Å². The lowest BCUT2D eigenvalue weighted by molar-refractivity contribution is -0.143. The summed E-state index contributed by atoms with van der Waals surface area (Å²) in [5, 5.41) is 0. The van der Waals surface area contributed by atoms with Crippen LogP contribution in [0.3, 0.4) is 0 Å². The maximum Gasteiger partial charge on any atom is 0.343 e. The van der Waals surface area contributed by atoms with E-state index in [0.29, 0.717) is 25.1 Å². The van der Waals surface area contributed by atoms with E-state index in [0.717, 1.165) is 29.8 Å². The molecule has 0 spiro atoms. The third-order valence-corrected chi connectivity index (χ3v) is 6.14. The maximum atomic E-state index is 13.2. The summed E-state index contributed by atoms with van der Waals surface area (Å²) in [6.07, 6.45) is 0.902. The Morgan fingerprint density at radius 1 is 1.06 bits per heavy atom. The van der Waals surface area contributed by atoms with Crippen molar-refractivity contribution in [1.29, 1.82) is 0 Å². The van der Waals surface area contributed by atoms with Gasteiger partial charge < -0.3 is 14.4 Å². The Morgan fingerprint density at radius 2 is 1.79 bits per heavy atom. The van der Waals surface area contributed by atoms with Crippen molar-refractivity contribution in [3.63, 3.8) is 0 Å². The topological polar surface area (TPSA) is 59.1 Å². The molecule has 1 heterocycles. The predicted octanol–water partition coefficient (Wildman–Crippen LogP) is 3.74. The quantitative estimate of drug-likeness (QED) is 0.567. The molecule has 2 aromatic carbocycles. The highest BCUT2D eigenvalue weighted by molar-refractivity contribution is 5.77. The van der Waals surface area contributed by atoms with E-state index in [4.69, 9.17) is 4.74 Å². The highest BCUT2D eigenvalue weighted by atomic mass is 19.1. The van der Waals surface area contributed by atoms with Gasteiger partial charge in [-0.05, 0) is 62.1 Å². The van der Waals surface area contributed by atoms with Crippen LogP contribution >= 0.6 is 0 Å². The molecule has 2 unspecified atom stereocenters. The zero-order chi connectivity index (χ0) is 24.0. The summed E-state index contributed by atoms with van der Waals surface area (Å²) in [4.78, 5) is 28.8. The molecule has 1 fully saturated rings. The smallest absolute Gasteiger partial charge is 0.343 e. The van der Waals surface area contributed by atoms with E-state index in [1.807, 2.05) is 42.2 Å². The lowest BCUT2D eigenvalue weighted by Crippen LogP contribution is -2.57. The molecule has 2 aromatic rings. The number of carbonyl (C=O) groups excluding carboxylic acids is 2. The van der Waals surface area contributed by atoms with Crippen LogP contribution in [-0.2, 0) is 27.3 Å². The molecule has 7 heteroatoms. The van der Waals surface area contributed by atoms with Gasteiger partial charge in [0.1, 0.15) is 11.6 Å². The third-order valence-electron chi connectivity index (χ3n) is 6.14. The average Bonchev–Trinajstić information content (AvgIpc) is 2.80. The first-order valence-corrected chi connectivity index (χ1v) is 11.3. The second-order valence-electron chi connectivity index (χ2n) is 8.78. The number of carbonyl (C=O) groups is 2. The van der Waals surface area contributed by atoms with Crippen molar-refractivity contribution in [3.8, 4) is 5.75 Å². The number of benzene rings is 2. The van der Waals surface area contributed by atoms with Crippen LogP contribution in [0.5, 0.6) is 5.75 Å². The molecule has 1 aliphatic rings. The van der Waals surface area contributed by atoms with Crippen molar-refractivity contribution in [1.82, 2.24) is 9.80 Å². The van der Waals surface area contributed by atoms with Gasteiger partial charge in [0.2, 0.25) is 5.91 Å². The number of halogens is 1. The molecule has 0 bridgehead atoms. The van der Waals surface area contributed by atoms with Crippen molar-refractivity contribution in [2.75, 3.05) is 26.8 Å². The van der Waals surface area contributed by atoms with Gasteiger partial charge in [-0.1, -0.05) is 24.3 Å². The zero-order valence-corrected chi connectivity index (χ0v) is 19.8. The Bertz CT molecular complexity index is 963. The Balaban J connectivity index is 1.58. The minimum Gasteiger partial charge on any atom is -0.482 e. The molecule has 3 rings (SSSR count). The molecule has 178 valence electrons. The molecule has 0 radical (unpaired) electrons. The third kappa shape index (κ3) is 6.78.